The molecule has 30 heavy (non-hydrogen) atoms. The average Bonchev–Trinajstić information content (AvgIpc) is 3.12. The molecule has 0 aromatic heterocycles. The zero-order chi connectivity index (χ0) is 20.5. The van der Waals surface area contributed by atoms with E-state index in [1.165, 1.54) is 0 Å². The summed E-state index contributed by atoms with van der Waals surface area (Å²) in [4.78, 5) is 2.48. The van der Waals surface area contributed by atoms with E-state index in [1.54, 1.807) is 7.11 Å². The summed E-state index contributed by atoms with van der Waals surface area (Å²) in [6.45, 7) is 6.14. The quantitative estimate of drug-likeness (QED) is 0.478. The van der Waals surface area contributed by atoms with Gasteiger partial charge in [0.25, 0.3) is 0 Å². The molecule has 5 fully saturated rings. The van der Waals surface area contributed by atoms with Gasteiger partial charge in [0.05, 0.1) is 37.7 Å². The van der Waals surface area contributed by atoms with Gasteiger partial charge in [-0.3, -0.25) is 26.4 Å². The summed E-state index contributed by atoms with van der Waals surface area (Å²) < 4.78 is 23.9. The van der Waals surface area contributed by atoms with Gasteiger partial charge < -0.3 is 18.9 Å². The Morgan fingerprint density at radius 3 is 2.77 bits per heavy atom. The molecule has 4 N–H and O–H groups in total. The van der Waals surface area contributed by atoms with Gasteiger partial charge in [-0.1, -0.05) is 0 Å². The number of methoxy groups -OCH3 is 1. The van der Waals surface area contributed by atoms with Crippen molar-refractivity contribution in [3.63, 3.8) is 0 Å². The fraction of sp³-hybridized carbons (Fsp3) is 1.00. The van der Waals surface area contributed by atoms with Gasteiger partial charge in [-0.05, 0) is 44.9 Å². The number of nitrogens with one attached hydrogen (secondary N) is 4. The van der Waals surface area contributed by atoms with Gasteiger partial charge in [0, 0.05) is 44.9 Å². The van der Waals surface area contributed by atoms with E-state index in [9.17, 15) is 0 Å². The van der Waals surface area contributed by atoms with Crippen LogP contribution in [0.1, 0.15) is 39.0 Å². The zero-order valence-corrected chi connectivity index (χ0v) is 18.3. The Balaban J connectivity index is 1.31. The second kappa shape index (κ2) is 9.64. The van der Waals surface area contributed by atoms with Crippen molar-refractivity contribution in [1.29, 1.82) is 0 Å². The minimum atomic E-state index is -0.143. The second-order valence-electron chi connectivity index (χ2n) is 9.65. The highest BCUT2D eigenvalue weighted by atomic mass is 16.5. The van der Waals surface area contributed by atoms with Crippen molar-refractivity contribution in [2.45, 2.75) is 88.0 Å². The first-order valence-electron chi connectivity index (χ1n) is 11.8. The molecule has 1 aliphatic carbocycles. The molecule has 0 spiro atoms. The van der Waals surface area contributed by atoms with Gasteiger partial charge in [0.1, 0.15) is 0 Å². The van der Waals surface area contributed by atoms with Gasteiger partial charge in [-0.25, -0.2) is 0 Å². The predicted molar refractivity (Wildman–Crippen MR) is 112 cm³/mol. The molecule has 5 aliphatic rings. The summed E-state index contributed by atoms with van der Waals surface area (Å²) in [5.41, 5.74) is 7.23. The van der Waals surface area contributed by atoms with E-state index in [0.29, 0.717) is 62.2 Å². The molecule has 9 heteroatoms. The summed E-state index contributed by atoms with van der Waals surface area (Å²) in [5.74, 6) is 0.557. The van der Waals surface area contributed by atoms with E-state index in [4.69, 9.17) is 18.9 Å². The van der Waals surface area contributed by atoms with Crippen LogP contribution in [0.2, 0.25) is 0 Å². The topological polar surface area (TPSA) is 88.3 Å². The molecule has 0 aromatic rings. The zero-order valence-electron chi connectivity index (χ0n) is 18.3. The molecule has 0 aromatic carbocycles. The molecular weight excluding hydrogens is 386 g/mol. The number of hydrogen-bond donors (Lipinski definition) is 4. The lowest BCUT2D eigenvalue weighted by atomic mass is 9.77. The number of hydrogen-bond acceptors (Lipinski definition) is 9. The maximum absolute atomic E-state index is 6.37. The minimum absolute atomic E-state index is 0.141. The van der Waals surface area contributed by atoms with Crippen LogP contribution in [-0.4, -0.2) is 93.9 Å². The van der Waals surface area contributed by atoms with Crippen LogP contribution >= 0.6 is 0 Å². The third-order valence-corrected chi connectivity index (χ3v) is 7.51. The first-order chi connectivity index (χ1) is 14.7. The van der Waals surface area contributed by atoms with E-state index < -0.39 is 0 Å². The Hall–Kier alpha value is -0.360. The lowest BCUT2D eigenvalue weighted by Crippen LogP contribution is -2.71. The van der Waals surface area contributed by atoms with E-state index >= 15 is 0 Å². The third kappa shape index (κ3) is 4.69. The summed E-state index contributed by atoms with van der Waals surface area (Å²) in [7, 11) is 1.80. The Morgan fingerprint density at radius 1 is 1.00 bits per heavy atom. The number of ether oxygens (including phenoxy) is 4. The minimum Gasteiger partial charge on any atom is -0.379 e. The van der Waals surface area contributed by atoms with Crippen molar-refractivity contribution in [2.24, 2.45) is 5.92 Å². The summed E-state index contributed by atoms with van der Waals surface area (Å²) in [6.07, 6.45) is 6.27. The first kappa shape index (κ1) is 21.5. The Labute approximate surface area is 179 Å². The van der Waals surface area contributed by atoms with E-state index in [-0.39, 0.29) is 12.5 Å². The first-order valence-corrected chi connectivity index (χ1v) is 11.8. The highest BCUT2D eigenvalue weighted by molar-refractivity contribution is 5.04. The molecule has 0 amide bonds. The van der Waals surface area contributed by atoms with Crippen molar-refractivity contribution in [3.05, 3.63) is 0 Å². The number of likely N-dealkylation sites (tertiary alicyclic amines) is 1. The van der Waals surface area contributed by atoms with Crippen LogP contribution in [0.15, 0.2) is 0 Å². The van der Waals surface area contributed by atoms with Crippen molar-refractivity contribution < 1.29 is 18.9 Å². The number of rotatable bonds is 2. The van der Waals surface area contributed by atoms with Crippen LogP contribution in [-0.2, 0) is 18.9 Å². The van der Waals surface area contributed by atoms with Crippen LogP contribution in [0, 0.1) is 5.92 Å². The smallest absolute Gasteiger partial charge is 0.164 e. The molecule has 9 nitrogen and oxygen atoms in total. The lowest BCUT2D eigenvalue weighted by Gasteiger charge is -2.50. The van der Waals surface area contributed by atoms with Gasteiger partial charge in [-0.15, -0.1) is 0 Å². The van der Waals surface area contributed by atoms with E-state index in [1.807, 2.05) is 0 Å². The molecule has 4 saturated heterocycles. The number of fused-ring (bicyclic) bond motifs is 4. The van der Waals surface area contributed by atoms with Crippen LogP contribution in [0.5, 0.6) is 0 Å². The predicted octanol–water partition coefficient (Wildman–Crippen LogP) is -0.266. The van der Waals surface area contributed by atoms with Gasteiger partial charge in [0.2, 0.25) is 0 Å². The summed E-state index contributed by atoms with van der Waals surface area (Å²) >= 11 is 0. The van der Waals surface area contributed by atoms with Crippen molar-refractivity contribution in [1.82, 2.24) is 26.4 Å². The molecule has 4 bridgehead atoms. The number of hydrazine groups is 1. The van der Waals surface area contributed by atoms with Crippen LogP contribution in [0.4, 0.5) is 0 Å². The van der Waals surface area contributed by atoms with Crippen LogP contribution in [0.3, 0.4) is 0 Å². The highest BCUT2D eigenvalue weighted by Crippen LogP contribution is 2.35. The molecule has 7 unspecified atom stereocenters. The van der Waals surface area contributed by atoms with E-state index in [2.05, 4.69) is 33.3 Å². The molecular formula is C21H39N5O4. The molecule has 5 rings (SSSR count). The molecule has 0 radical (unpaired) electrons. The molecule has 8 atom stereocenters. The maximum atomic E-state index is 6.37. The Morgan fingerprint density at radius 2 is 1.90 bits per heavy atom. The fourth-order valence-electron chi connectivity index (χ4n) is 5.82. The molecule has 4 aliphatic heterocycles. The normalized spacial score (nSPS) is 46.6. The number of nitrogens with zero attached hydrogens (tertiary/aromatic N) is 1. The second-order valence-corrected chi connectivity index (χ2v) is 9.65. The highest BCUT2D eigenvalue weighted by Gasteiger charge is 2.47. The molecule has 4 heterocycles. The Bertz CT molecular complexity index is 566. The van der Waals surface area contributed by atoms with Gasteiger partial charge >= 0.3 is 0 Å². The summed E-state index contributed by atoms with van der Waals surface area (Å²) in [6, 6.07) is 1.23. The largest absolute Gasteiger partial charge is 0.379 e. The SMILES string of the molecule is COC1CN(C2CC3NC(N2)OCCCOC[C@H](C)OC2CCC4NNC3C4C2)C1. The van der Waals surface area contributed by atoms with E-state index in [0.717, 1.165) is 45.2 Å². The summed E-state index contributed by atoms with van der Waals surface area (Å²) in [5, 5.41) is 7.41. The lowest BCUT2D eigenvalue weighted by molar-refractivity contribution is -0.109. The van der Waals surface area contributed by atoms with Gasteiger partial charge in [0.15, 0.2) is 6.35 Å². The fourth-order valence-corrected chi connectivity index (χ4v) is 5.82. The molecule has 172 valence electrons. The van der Waals surface area contributed by atoms with Crippen LogP contribution < -0.4 is 21.5 Å². The van der Waals surface area contributed by atoms with Crippen molar-refractivity contribution >= 4 is 0 Å². The molecule has 1 saturated carbocycles. The van der Waals surface area contributed by atoms with Gasteiger partial charge in [-0.2, -0.15) is 0 Å². The maximum Gasteiger partial charge on any atom is 0.164 e. The monoisotopic (exact) mass is 425 g/mol. The van der Waals surface area contributed by atoms with Crippen LogP contribution in [0.25, 0.3) is 0 Å². The average molecular weight is 426 g/mol. The Kier molecular flexibility index (Phi) is 6.90. The third-order valence-electron chi connectivity index (χ3n) is 7.51. The van der Waals surface area contributed by atoms with Crippen molar-refractivity contribution in [3.8, 4) is 0 Å². The van der Waals surface area contributed by atoms with Crippen molar-refractivity contribution in [2.75, 3.05) is 40.0 Å². The standard InChI is InChI=1S/C21H39N5O4/c1-13-12-28-6-3-7-29-21-22-18(9-19(23-21)26-10-15(11-26)27-2)20-16-8-14(30-13)4-5-17(16)24-25-20/h13-25H,3-12H2,1-2H3/t13-,14?,16?,17?,18?,19?,20?,21?/m0/s1.